The highest BCUT2D eigenvalue weighted by molar-refractivity contribution is 5.94. The summed E-state index contributed by atoms with van der Waals surface area (Å²) in [5, 5.41) is 13.1. The number of alkyl halides is 3. The van der Waals surface area contributed by atoms with Gasteiger partial charge in [-0.2, -0.15) is 18.3 Å². The molecule has 3 atom stereocenters. The molecule has 2 aromatic heterocycles. The van der Waals surface area contributed by atoms with Gasteiger partial charge < -0.3 is 15.0 Å². The van der Waals surface area contributed by atoms with Gasteiger partial charge in [-0.05, 0) is 50.1 Å². The lowest BCUT2D eigenvalue weighted by atomic mass is 9.96. The Morgan fingerprint density at radius 1 is 1.09 bits per heavy atom. The third kappa shape index (κ3) is 3.96. The Morgan fingerprint density at radius 3 is 2.45 bits per heavy atom. The van der Waals surface area contributed by atoms with Crippen LogP contribution < -0.4 is 10.2 Å². The average molecular weight is 461 g/mol. The number of aromatic nitrogens is 3. The number of hydrogen-bond acceptors (Lipinski definition) is 6. The van der Waals surface area contributed by atoms with E-state index in [-0.39, 0.29) is 23.3 Å². The maximum atomic E-state index is 14.1. The van der Waals surface area contributed by atoms with Crippen LogP contribution in [0.15, 0.2) is 24.4 Å². The molecule has 6 nitrogen and oxygen atoms in total. The van der Waals surface area contributed by atoms with E-state index in [4.69, 9.17) is 4.74 Å². The van der Waals surface area contributed by atoms with Gasteiger partial charge in [0.2, 0.25) is 0 Å². The highest BCUT2D eigenvalue weighted by atomic mass is 19.4. The Hall–Kier alpha value is -3.01. The minimum Gasteiger partial charge on any atom is -0.371 e. The van der Waals surface area contributed by atoms with Crippen molar-refractivity contribution in [2.24, 2.45) is 0 Å². The summed E-state index contributed by atoms with van der Waals surface area (Å²) < 4.78 is 59.9. The SMILES string of the molecule is Cc1c([C@@H](C)Nc2nnc(C)c3cnc(N4CC5CC(C4)O5)cc23)cc(F)cc1C(F)(F)F. The third-order valence-corrected chi connectivity index (χ3v) is 6.45. The number of fused-ring (bicyclic) bond motifs is 3. The van der Waals surface area contributed by atoms with Crippen molar-refractivity contribution in [1.82, 2.24) is 15.2 Å². The minimum atomic E-state index is -4.64. The molecule has 6 rings (SSSR count). The van der Waals surface area contributed by atoms with E-state index >= 15 is 0 Å². The van der Waals surface area contributed by atoms with E-state index in [1.165, 1.54) is 6.92 Å². The number of rotatable bonds is 4. The van der Waals surface area contributed by atoms with Gasteiger partial charge in [0.25, 0.3) is 0 Å². The van der Waals surface area contributed by atoms with Gasteiger partial charge in [0.1, 0.15) is 11.6 Å². The second-order valence-electron chi connectivity index (χ2n) is 8.77. The minimum absolute atomic E-state index is 0.0248. The van der Waals surface area contributed by atoms with Crippen LogP contribution in [0.4, 0.5) is 29.2 Å². The molecule has 0 amide bonds. The first kappa shape index (κ1) is 21.8. The zero-order valence-corrected chi connectivity index (χ0v) is 18.4. The lowest BCUT2D eigenvalue weighted by molar-refractivity contribution is -0.138. The van der Waals surface area contributed by atoms with Crippen LogP contribution in [0.2, 0.25) is 0 Å². The number of piperidine rings is 1. The molecule has 3 fully saturated rings. The van der Waals surface area contributed by atoms with Gasteiger partial charge in [0, 0.05) is 36.5 Å². The molecule has 1 aromatic carbocycles. The first-order valence-electron chi connectivity index (χ1n) is 10.8. The van der Waals surface area contributed by atoms with E-state index in [2.05, 4.69) is 25.4 Å². The summed E-state index contributed by atoms with van der Waals surface area (Å²) in [5.74, 6) is 0.251. The van der Waals surface area contributed by atoms with Crippen LogP contribution in [0, 0.1) is 19.7 Å². The van der Waals surface area contributed by atoms with E-state index in [0.717, 1.165) is 42.2 Å². The summed E-state index contributed by atoms with van der Waals surface area (Å²) in [4.78, 5) is 6.75. The van der Waals surface area contributed by atoms with Crippen molar-refractivity contribution in [2.45, 2.75) is 51.6 Å². The maximum Gasteiger partial charge on any atom is 0.416 e. The van der Waals surface area contributed by atoms with Crippen LogP contribution in [0.5, 0.6) is 0 Å². The second kappa shape index (κ2) is 7.79. The Bertz CT molecular complexity index is 1220. The topological polar surface area (TPSA) is 63.2 Å². The van der Waals surface area contributed by atoms with E-state index in [1.54, 1.807) is 13.1 Å². The third-order valence-electron chi connectivity index (χ3n) is 6.45. The molecule has 1 N–H and O–H groups in total. The average Bonchev–Trinajstić information content (AvgIpc) is 2.75. The van der Waals surface area contributed by atoms with Crippen molar-refractivity contribution in [3.63, 3.8) is 0 Å². The lowest BCUT2D eigenvalue weighted by Gasteiger charge is -2.47. The normalized spacial score (nSPS) is 21.1. The molecule has 174 valence electrons. The van der Waals surface area contributed by atoms with Gasteiger partial charge in [0.15, 0.2) is 5.82 Å². The fourth-order valence-corrected chi connectivity index (χ4v) is 4.71. The molecule has 3 saturated heterocycles. The summed E-state index contributed by atoms with van der Waals surface area (Å²) in [6.07, 6.45) is -1.41. The number of nitrogens with one attached hydrogen (secondary N) is 1. The predicted molar refractivity (Wildman–Crippen MR) is 116 cm³/mol. The molecule has 0 aliphatic carbocycles. The number of aryl methyl sites for hydroxylation is 1. The predicted octanol–water partition coefficient (Wildman–Crippen LogP) is 4.95. The Labute approximate surface area is 188 Å². The largest absolute Gasteiger partial charge is 0.416 e. The summed E-state index contributed by atoms with van der Waals surface area (Å²) in [6.45, 7) is 6.36. The van der Waals surface area contributed by atoms with Gasteiger partial charge in [-0.3, -0.25) is 0 Å². The number of nitrogens with zero attached hydrogens (tertiary/aromatic N) is 4. The van der Waals surface area contributed by atoms with Gasteiger partial charge in [-0.1, -0.05) is 0 Å². The molecular formula is C23H23F4N5O. The number of ether oxygens (including phenoxy) is 1. The molecule has 2 unspecified atom stereocenters. The van der Waals surface area contributed by atoms with Crippen LogP contribution in [0.3, 0.4) is 0 Å². The Balaban J connectivity index is 1.50. The standard InChI is InChI=1S/C23H23F4N5O/c1-11-17(4-14(24)5-20(11)23(25,26)27)12(2)29-22-18-7-21(28-8-19(18)13(3)30-31-22)32-9-15-6-16(10-32)33-15/h4-5,7-8,12,15-16H,6,9-10H2,1-3H3,(H,29,31)/t12-,15?,16?/m1/s1. The number of pyridine rings is 1. The van der Waals surface area contributed by atoms with Gasteiger partial charge in [-0.15, -0.1) is 5.10 Å². The molecule has 2 bridgehead atoms. The summed E-state index contributed by atoms with van der Waals surface area (Å²) in [5.41, 5.74) is -0.111. The first-order valence-corrected chi connectivity index (χ1v) is 10.8. The number of benzene rings is 1. The molecule has 3 aliphatic rings. The number of morpholine rings is 1. The van der Waals surface area contributed by atoms with Crippen molar-refractivity contribution in [2.75, 3.05) is 23.3 Å². The molecule has 3 aromatic rings. The van der Waals surface area contributed by atoms with Crippen molar-refractivity contribution in [1.29, 1.82) is 0 Å². The summed E-state index contributed by atoms with van der Waals surface area (Å²) >= 11 is 0. The van der Waals surface area contributed by atoms with E-state index in [9.17, 15) is 17.6 Å². The summed E-state index contributed by atoms with van der Waals surface area (Å²) in [6, 6.07) is 2.92. The molecule has 0 saturated carbocycles. The molecule has 0 spiro atoms. The molecule has 0 radical (unpaired) electrons. The Morgan fingerprint density at radius 2 is 1.79 bits per heavy atom. The first-order chi connectivity index (χ1) is 15.6. The van der Waals surface area contributed by atoms with Gasteiger partial charge in [0.05, 0.1) is 29.5 Å². The van der Waals surface area contributed by atoms with E-state index in [1.807, 2.05) is 13.0 Å². The zero-order chi connectivity index (χ0) is 23.5. The van der Waals surface area contributed by atoms with Crippen molar-refractivity contribution >= 4 is 22.4 Å². The van der Waals surface area contributed by atoms with E-state index < -0.39 is 23.6 Å². The quantitative estimate of drug-likeness (QED) is 0.555. The highest BCUT2D eigenvalue weighted by Gasteiger charge is 2.39. The van der Waals surface area contributed by atoms with Crippen LogP contribution >= 0.6 is 0 Å². The number of anilines is 2. The van der Waals surface area contributed by atoms with Crippen LogP contribution in [-0.2, 0) is 10.9 Å². The molecular weight excluding hydrogens is 438 g/mol. The van der Waals surface area contributed by atoms with Gasteiger partial charge in [-0.25, -0.2) is 9.37 Å². The lowest BCUT2D eigenvalue weighted by Crippen LogP contribution is -2.57. The monoisotopic (exact) mass is 461 g/mol. The molecule has 3 aliphatic heterocycles. The van der Waals surface area contributed by atoms with Crippen LogP contribution in [0.1, 0.15) is 41.8 Å². The van der Waals surface area contributed by atoms with Crippen LogP contribution in [-0.4, -0.2) is 40.5 Å². The van der Waals surface area contributed by atoms with Gasteiger partial charge >= 0.3 is 6.18 Å². The van der Waals surface area contributed by atoms with Crippen LogP contribution in [0.25, 0.3) is 10.8 Å². The summed E-state index contributed by atoms with van der Waals surface area (Å²) in [7, 11) is 0. The second-order valence-corrected chi connectivity index (χ2v) is 8.77. The van der Waals surface area contributed by atoms with Crippen molar-refractivity contribution < 1.29 is 22.3 Å². The number of hydrogen-bond donors (Lipinski definition) is 1. The van der Waals surface area contributed by atoms with Crippen molar-refractivity contribution in [3.05, 3.63) is 52.6 Å². The maximum absolute atomic E-state index is 14.1. The van der Waals surface area contributed by atoms with E-state index in [0.29, 0.717) is 17.6 Å². The molecule has 10 heteroatoms. The van der Waals surface area contributed by atoms with Crippen molar-refractivity contribution in [3.8, 4) is 0 Å². The highest BCUT2D eigenvalue weighted by Crippen LogP contribution is 2.37. The molecule has 5 heterocycles. The zero-order valence-electron chi connectivity index (χ0n) is 18.4. The smallest absolute Gasteiger partial charge is 0.371 e. The molecule has 33 heavy (non-hydrogen) atoms. The fraction of sp³-hybridized carbons (Fsp3) is 0.435. The fourth-order valence-electron chi connectivity index (χ4n) is 4.71. The number of halogens is 4. The Kier molecular flexibility index (Phi) is 5.15.